The second kappa shape index (κ2) is 6.70. The van der Waals surface area contributed by atoms with Gasteiger partial charge in [0.05, 0.1) is 13.2 Å². The van der Waals surface area contributed by atoms with Crippen LogP contribution in [-0.4, -0.2) is 39.3 Å². The summed E-state index contributed by atoms with van der Waals surface area (Å²) in [4.78, 5) is 22.8. The van der Waals surface area contributed by atoms with Crippen LogP contribution in [0.1, 0.15) is 19.7 Å². The van der Waals surface area contributed by atoms with Gasteiger partial charge in [-0.25, -0.2) is 4.79 Å². The standard InChI is InChI=1S/C10H17N5O3/c1-3-15-6-13-14-7(15)5-12-9(16)8(11)10(17)18-4-2/h6,8H,3-5,11H2,1-2H3,(H,12,16). The van der Waals surface area contributed by atoms with Gasteiger partial charge in [-0.1, -0.05) is 0 Å². The predicted molar refractivity (Wildman–Crippen MR) is 62.2 cm³/mol. The minimum absolute atomic E-state index is 0.166. The molecule has 3 N–H and O–H groups in total. The van der Waals surface area contributed by atoms with E-state index in [2.05, 4.69) is 20.3 Å². The third-order valence-corrected chi connectivity index (χ3v) is 2.28. The van der Waals surface area contributed by atoms with Gasteiger partial charge in [0.1, 0.15) is 6.33 Å². The molecule has 1 rings (SSSR count). The number of amides is 1. The molecule has 0 aliphatic heterocycles. The van der Waals surface area contributed by atoms with E-state index in [9.17, 15) is 9.59 Å². The molecule has 1 atom stereocenters. The summed E-state index contributed by atoms with van der Waals surface area (Å²) in [5.74, 6) is -0.743. The van der Waals surface area contributed by atoms with Crippen molar-refractivity contribution in [3.8, 4) is 0 Å². The van der Waals surface area contributed by atoms with E-state index in [1.165, 1.54) is 0 Å². The second-order valence-corrected chi connectivity index (χ2v) is 3.48. The Kier molecular flexibility index (Phi) is 5.25. The highest BCUT2D eigenvalue weighted by molar-refractivity contribution is 6.01. The first kappa shape index (κ1) is 14.1. The number of hydrogen-bond donors (Lipinski definition) is 2. The zero-order valence-electron chi connectivity index (χ0n) is 10.4. The topological polar surface area (TPSA) is 112 Å². The Morgan fingerprint density at radius 1 is 1.56 bits per heavy atom. The molecule has 1 aromatic heterocycles. The molecule has 8 nitrogen and oxygen atoms in total. The van der Waals surface area contributed by atoms with Crippen molar-refractivity contribution in [1.29, 1.82) is 0 Å². The average Bonchev–Trinajstić information content (AvgIpc) is 2.82. The number of esters is 1. The van der Waals surface area contributed by atoms with Gasteiger partial charge >= 0.3 is 5.97 Å². The van der Waals surface area contributed by atoms with Crippen molar-refractivity contribution in [2.24, 2.45) is 5.73 Å². The number of ether oxygens (including phenoxy) is 1. The molecule has 1 amide bonds. The van der Waals surface area contributed by atoms with E-state index in [1.54, 1.807) is 17.8 Å². The van der Waals surface area contributed by atoms with Crippen LogP contribution >= 0.6 is 0 Å². The molecule has 0 bridgehead atoms. The Morgan fingerprint density at radius 3 is 2.89 bits per heavy atom. The van der Waals surface area contributed by atoms with Crippen LogP contribution in [0.25, 0.3) is 0 Å². The summed E-state index contributed by atoms with van der Waals surface area (Å²) in [6.07, 6.45) is 1.56. The zero-order chi connectivity index (χ0) is 13.5. The Balaban J connectivity index is 2.48. The molecule has 8 heteroatoms. The smallest absolute Gasteiger partial charge is 0.332 e. The fourth-order valence-electron chi connectivity index (χ4n) is 1.30. The summed E-state index contributed by atoms with van der Waals surface area (Å²) in [6, 6.07) is -1.32. The van der Waals surface area contributed by atoms with Gasteiger partial charge in [0.25, 0.3) is 0 Å². The number of aromatic nitrogens is 3. The Morgan fingerprint density at radius 2 is 2.28 bits per heavy atom. The van der Waals surface area contributed by atoms with Crippen LogP contribution in [0.3, 0.4) is 0 Å². The van der Waals surface area contributed by atoms with Gasteiger partial charge in [-0.3, -0.25) is 4.79 Å². The van der Waals surface area contributed by atoms with Crippen LogP contribution in [0, 0.1) is 0 Å². The number of nitrogens with zero attached hydrogens (tertiary/aromatic N) is 3. The van der Waals surface area contributed by atoms with Crippen molar-refractivity contribution in [2.45, 2.75) is 33.0 Å². The third kappa shape index (κ3) is 3.52. The van der Waals surface area contributed by atoms with E-state index < -0.39 is 17.9 Å². The molecule has 1 aromatic rings. The first-order chi connectivity index (χ1) is 8.60. The fourth-order valence-corrected chi connectivity index (χ4v) is 1.30. The maximum atomic E-state index is 11.6. The average molecular weight is 255 g/mol. The van der Waals surface area contributed by atoms with Crippen LogP contribution in [0.15, 0.2) is 6.33 Å². The SMILES string of the molecule is CCOC(=O)C(N)C(=O)NCc1nncn1CC. The van der Waals surface area contributed by atoms with E-state index >= 15 is 0 Å². The lowest BCUT2D eigenvalue weighted by Crippen LogP contribution is -2.46. The molecular weight excluding hydrogens is 238 g/mol. The molecule has 18 heavy (non-hydrogen) atoms. The summed E-state index contributed by atoms with van der Waals surface area (Å²) in [5.41, 5.74) is 5.43. The van der Waals surface area contributed by atoms with Crippen molar-refractivity contribution >= 4 is 11.9 Å². The van der Waals surface area contributed by atoms with Gasteiger partial charge < -0.3 is 20.4 Å². The fraction of sp³-hybridized carbons (Fsp3) is 0.600. The number of hydrogen-bond acceptors (Lipinski definition) is 6. The highest BCUT2D eigenvalue weighted by Gasteiger charge is 2.23. The lowest BCUT2D eigenvalue weighted by atomic mass is 10.3. The van der Waals surface area contributed by atoms with Crippen LogP contribution in [-0.2, 0) is 27.4 Å². The van der Waals surface area contributed by atoms with Crippen molar-refractivity contribution in [3.63, 3.8) is 0 Å². The quantitative estimate of drug-likeness (QED) is 0.488. The normalized spacial score (nSPS) is 11.9. The number of carbonyl (C=O) groups is 2. The van der Waals surface area contributed by atoms with Crippen LogP contribution < -0.4 is 11.1 Å². The van der Waals surface area contributed by atoms with E-state index in [1.807, 2.05) is 6.92 Å². The first-order valence-electron chi connectivity index (χ1n) is 5.66. The lowest BCUT2D eigenvalue weighted by molar-refractivity contribution is -0.148. The number of nitrogens with two attached hydrogens (primary N) is 1. The second-order valence-electron chi connectivity index (χ2n) is 3.48. The highest BCUT2D eigenvalue weighted by Crippen LogP contribution is 1.95. The maximum Gasteiger partial charge on any atom is 0.332 e. The predicted octanol–water partition coefficient (Wildman–Crippen LogP) is -1.20. The van der Waals surface area contributed by atoms with Gasteiger partial charge in [-0.2, -0.15) is 0 Å². The summed E-state index contributed by atoms with van der Waals surface area (Å²) in [6.45, 7) is 4.62. The van der Waals surface area contributed by atoms with Crippen molar-refractivity contribution in [1.82, 2.24) is 20.1 Å². The van der Waals surface area contributed by atoms with Gasteiger partial charge in [0.15, 0.2) is 11.9 Å². The molecule has 0 spiro atoms. The Labute approximate surface area is 105 Å². The number of rotatable bonds is 6. The van der Waals surface area contributed by atoms with Crippen molar-refractivity contribution in [3.05, 3.63) is 12.2 Å². The zero-order valence-corrected chi connectivity index (χ0v) is 10.4. The van der Waals surface area contributed by atoms with Crippen LogP contribution in [0.2, 0.25) is 0 Å². The van der Waals surface area contributed by atoms with Gasteiger partial charge in [-0.15, -0.1) is 10.2 Å². The van der Waals surface area contributed by atoms with Crippen molar-refractivity contribution in [2.75, 3.05) is 6.61 Å². The van der Waals surface area contributed by atoms with Crippen LogP contribution in [0.5, 0.6) is 0 Å². The Bertz CT molecular complexity index is 417. The number of aryl methyl sites for hydroxylation is 1. The summed E-state index contributed by atoms with van der Waals surface area (Å²) < 4.78 is 6.42. The van der Waals surface area contributed by atoms with E-state index in [0.29, 0.717) is 12.4 Å². The third-order valence-electron chi connectivity index (χ3n) is 2.28. The molecule has 0 saturated carbocycles. The first-order valence-corrected chi connectivity index (χ1v) is 5.66. The van der Waals surface area contributed by atoms with Crippen molar-refractivity contribution < 1.29 is 14.3 Å². The van der Waals surface area contributed by atoms with Gasteiger partial charge in [0.2, 0.25) is 5.91 Å². The highest BCUT2D eigenvalue weighted by atomic mass is 16.5. The monoisotopic (exact) mass is 255 g/mol. The molecule has 100 valence electrons. The summed E-state index contributed by atoms with van der Waals surface area (Å²) >= 11 is 0. The number of carbonyl (C=O) groups excluding carboxylic acids is 2. The summed E-state index contributed by atoms with van der Waals surface area (Å²) in [5, 5.41) is 10.1. The van der Waals surface area contributed by atoms with E-state index in [4.69, 9.17) is 5.73 Å². The van der Waals surface area contributed by atoms with Gasteiger partial charge in [-0.05, 0) is 13.8 Å². The summed E-state index contributed by atoms with van der Waals surface area (Å²) in [7, 11) is 0. The molecular formula is C10H17N5O3. The van der Waals surface area contributed by atoms with E-state index in [0.717, 1.165) is 0 Å². The van der Waals surface area contributed by atoms with Gasteiger partial charge in [0, 0.05) is 6.54 Å². The van der Waals surface area contributed by atoms with E-state index in [-0.39, 0.29) is 13.2 Å². The molecule has 1 unspecified atom stereocenters. The van der Waals surface area contributed by atoms with Crippen LogP contribution in [0.4, 0.5) is 0 Å². The number of nitrogens with one attached hydrogen (secondary N) is 1. The minimum atomic E-state index is -1.32. The minimum Gasteiger partial charge on any atom is -0.464 e. The molecule has 1 heterocycles. The maximum absolute atomic E-state index is 11.6. The lowest BCUT2D eigenvalue weighted by Gasteiger charge is -2.11. The largest absolute Gasteiger partial charge is 0.464 e. The molecule has 0 radical (unpaired) electrons. The molecule has 0 fully saturated rings. The Hall–Kier alpha value is -1.96. The molecule has 0 aliphatic rings. The molecule has 0 aliphatic carbocycles. The molecule has 0 saturated heterocycles. The molecule has 0 aromatic carbocycles.